The smallest absolute Gasteiger partial charge is 0.352 e. The number of benzene rings is 2. The molecule has 4 nitrogen and oxygen atoms in total. The number of hydrogen-bond acceptors (Lipinski definition) is 2. The minimum Gasteiger partial charge on any atom is -0.477 e. The van der Waals surface area contributed by atoms with Gasteiger partial charge in [0, 0.05) is 35.6 Å². The van der Waals surface area contributed by atoms with E-state index in [-0.39, 0.29) is 5.82 Å². The Labute approximate surface area is 176 Å². The Hall–Kier alpha value is -2.66. The molecule has 1 aliphatic rings. The van der Waals surface area contributed by atoms with Crippen LogP contribution in [0.25, 0.3) is 10.9 Å². The van der Waals surface area contributed by atoms with Crippen molar-refractivity contribution >= 4 is 16.9 Å². The van der Waals surface area contributed by atoms with Crippen LogP contribution in [0.3, 0.4) is 0 Å². The third kappa shape index (κ3) is 4.41. The topological polar surface area (TPSA) is 54.3 Å². The van der Waals surface area contributed by atoms with Crippen LogP contribution in [0.5, 0.6) is 0 Å². The van der Waals surface area contributed by atoms with Crippen LogP contribution in [0.2, 0.25) is 0 Å². The van der Waals surface area contributed by atoms with Crippen LogP contribution in [0.15, 0.2) is 42.5 Å². The molecule has 2 aromatic carbocycles. The molecule has 1 saturated carbocycles. The fourth-order valence-electron chi connectivity index (χ4n) is 4.67. The third-order valence-electron chi connectivity index (χ3n) is 6.18. The van der Waals surface area contributed by atoms with Crippen LogP contribution in [-0.2, 0) is 13.1 Å². The van der Waals surface area contributed by atoms with E-state index < -0.39 is 5.97 Å². The van der Waals surface area contributed by atoms with E-state index in [9.17, 15) is 14.3 Å². The molecule has 2 N–H and O–H groups in total. The number of fused-ring (bicyclic) bond motifs is 1. The number of nitrogens with zero attached hydrogens (tertiary/aromatic N) is 1. The molecule has 0 spiro atoms. The maximum absolute atomic E-state index is 13.7. The van der Waals surface area contributed by atoms with E-state index in [0.717, 1.165) is 40.4 Å². The lowest BCUT2D eigenvalue weighted by Crippen LogP contribution is -2.28. The number of aryl methyl sites for hydroxylation is 1. The second-order valence-electron chi connectivity index (χ2n) is 8.44. The van der Waals surface area contributed by atoms with Crippen molar-refractivity contribution in [2.75, 3.05) is 0 Å². The minimum absolute atomic E-state index is 0.293. The van der Waals surface area contributed by atoms with E-state index in [1.807, 2.05) is 35.8 Å². The van der Waals surface area contributed by atoms with Gasteiger partial charge in [0.05, 0.1) is 0 Å². The maximum atomic E-state index is 13.7. The Bertz CT molecular complexity index is 1050. The van der Waals surface area contributed by atoms with Crippen LogP contribution in [-0.4, -0.2) is 21.7 Å². The maximum Gasteiger partial charge on any atom is 0.352 e. The van der Waals surface area contributed by atoms with Gasteiger partial charge in [-0.05, 0) is 49.1 Å². The summed E-state index contributed by atoms with van der Waals surface area (Å²) in [5.74, 6) is -1.26. The minimum atomic E-state index is -0.946. The molecule has 1 aromatic heterocycles. The first-order valence-electron chi connectivity index (χ1n) is 10.9. The van der Waals surface area contributed by atoms with Crippen LogP contribution in [0.1, 0.15) is 65.7 Å². The van der Waals surface area contributed by atoms with E-state index in [1.165, 1.54) is 37.8 Å². The molecule has 0 bridgehead atoms. The van der Waals surface area contributed by atoms with Gasteiger partial charge >= 0.3 is 5.97 Å². The van der Waals surface area contributed by atoms with Crippen molar-refractivity contribution in [3.63, 3.8) is 0 Å². The first kappa shape index (κ1) is 20.6. The standard InChI is InChI=1S/C25H29FN2O2/c1-17-11-12-21-22(15-27-20-9-4-2-3-5-10-20)24(25(29)30)28(23(21)13-17)16-18-7-6-8-19(26)14-18/h6-8,11-14,20,27H,2-5,9-10,15-16H2,1H3,(H,29,30). The molecule has 30 heavy (non-hydrogen) atoms. The number of carbonyl (C=O) groups is 1. The van der Waals surface area contributed by atoms with Crippen molar-refractivity contribution in [3.05, 3.63) is 70.7 Å². The van der Waals surface area contributed by atoms with Gasteiger partial charge in [-0.3, -0.25) is 0 Å². The highest BCUT2D eigenvalue weighted by Crippen LogP contribution is 2.29. The summed E-state index contributed by atoms with van der Waals surface area (Å²) in [7, 11) is 0. The summed E-state index contributed by atoms with van der Waals surface area (Å²) in [6.07, 6.45) is 7.30. The average Bonchev–Trinajstić information content (AvgIpc) is 2.85. The molecule has 0 aliphatic heterocycles. The summed E-state index contributed by atoms with van der Waals surface area (Å²) >= 11 is 0. The summed E-state index contributed by atoms with van der Waals surface area (Å²) in [5, 5.41) is 14.7. The molecular formula is C25H29FN2O2. The van der Waals surface area contributed by atoms with Gasteiger partial charge in [-0.15, -0.1) is 0 Å². The molecule has 4 rings (SSSR count). The molecule has 0 amide bonds. The normalized spacial score (nSPS) is 15.4. The van der Waals surface area contributed by atoms with Crippen LogP contribution in [0.4, 0.5) is 4.39 Å². The highest BCUT2D eigenvalue weighted by atomic mass is 19.1. The molecule has 0 radical (unpaired) electrons. The first-order valence-corrected chi connectivity index (χ1v) is 10.9. The highest BCUT2D eigenvalue weighted by Gasteiger charge is 2.23. The number of rotatable bonds is 6. The summed E-state index contributed by atoms with van der Waals surface area (Å²) in [6, 6.07) is 12.9. The lowest BCUT2D eigenvalue weighted by molar-refractivity contribution is 0.0684. The molecule has 3 aromatic rings. The SMILES string of the molecule is Cc1ccc2c(CNC3CCCCCC3)c(C(=O)O)n(Cc3cccc(F)c3)c2c1. The van der Waals surface area contributed by atoms with Gasteiger partial charge < -0.3 is 15.0 Å². The summed E-state index contributed by atoms with van der Waals surface area (Å²) in [4.78, 5) is 12.3. The van der Waals surface area contributed by atoms with Gasteiger partial charge in [-0.1, -0.05) is 49.9 Å². The summed E-state index contributed by atoms with van der Waals surface area (Å²) < 4.78 is 15.6. The Morgan fingerprint density at radius 1 is 1.13 bits per heavy atom. The Balaban J connectivity index is 1.75. The van der Waals surface area contributed by atoms with Gasteiger partial charge in [0.1, 0.15) is 11.5 Å². The largest absolute Gasteiger partial charge is 0.477 e. The van der Waals surface area contributed by atoms with Gasteiger partial charge in [0.25, 0.3) is 0 Å². The second kappa shape index (κ2) is 9.00. The lowest BCUT2D eigenvalue weighted by atomic mass is 10.1. The molecule has 1 heterocycles. The monoisotopic (exact) mass is 408 g/mol. The van der Waals surface area contributed by atoms with Crippen molar-refractivity contribution < 1.29 is 14.3 Å². The van der Waals surface area contributed by atoms with E-state index in [2.05, 4.69) is 5.32 Å². The van der Waals surface area contributed by atoms with E-state index in [0.29, 0.717) is 24.8 Å². The predicted molar refractivity (Wildman–Crippen MR) is 117 cm³/mol. The lowest BCUT2D eigenvalue weighted by Gasteiger charge is -2.16. The van der Waals surface area contributed by atoms with E-state index in [4.69, 9.17) is 0 Å². The Morgan fingerprint density at radius 2 is 1.90 bits per heavy atom. The van der Waals surface area contributed by atoms with Crippen molar-refractivity contribution in [2.45, 2.75) is 64.6 Å². The van der Waals surface area contributed by atoms with Crippen molar-refractivity contribution in [1.29, 1.82) is 0 Å². The average molecular weight is 409 g/mol. The molecular weight excluding hydrogens is 379 g/mol. The quantitative estimate of drug-likeness (QED) is 0.519. The van der Waals surface area contributed by atoms with Crippen LogP contribution in [0, 0.1) is 12.7 Å². The number of carboxylic acid groups (broad SMARTS) is 1. The molecule has 1 fully saturated rings. The molecule has 0 saturated heterocycles. The molecule has 0 atom stereocenters. The zero-order chi connectivity index (χ0) is 21.1. The summed E-state index contributed by atoms with van der Waals surface area (Å²) in [5.41, 5.74) is 3.81. The van der Waals surface area contributed by atoms with E-state index >= 15 is 0 Å². The Morgan fingerprint density at radius 3 is 2.60 bits per heavy atom. The number of hydrogen-bond donors (Lipinski definition) is 2. The zero-order valence-corrected chi connectivity index (χ0v) is 17.5. The number of halogens is 1. The number of aromatic nitrogens is 1. The van der Waals surface area contributed by atoms with Gasteiger partial charge in [-0.2, -0.15) is 0 Å². The third-order valence-corrected chi connectivity index (χ3v) is 6.18. The van der Waals surface area contributed by atoms with E-state index in [1.54, 1.807) is 6.07 Å². The molecule has 1 aliphatic carbocycles. The van der Waals surface area contributed by atoms with Gasteiger partial charge in [0.15, 0.2) is 0 Å². The van der Waals surface area contributed by atoms with Crippen molar-refractivity contribution in [3.8, 4) is 0 Å². The Kier molecular flexibility index (Phi) is 6.18. The fraction of sp³-hybridized carbons (Fsp3) is 0.400. The number of nitrogens with one attached hydrogen (secondary N) is 1. The number of carboxylic acids is 1. The predicted octanol–water partition coefficient (Wildman–Crippen LogP) is 5.65. The van der Waals surface area contributed by atoms with Crippen LogP contribution >= 0.6 is 0 Å². The second-order valence-corrected chi connectivity index (χ2v) is 8.44. The van der Waals surface area contributed by atoms with Crippen molar-refractivity contribution in [2.24, 2.45) is 0 Å². The first-order chi connectivity index (χ1) is 14.5. The van der Waals surface area contributed by atoms with Crippen molar-refractivity contribution in [1.82, 2.24) is 9.88 Å². The van der Waals surface area contributed by atoms with Crippen LogP contribution < -0.4 is 5.32 Å². The molecule has 158 valence electrons. The van der Waals surface area contributed by atoms with Gasteiger partial charge in [-0.25, -0.2) is 9.18 Å². The molecule has 0 unspecified atom stereocenters. The number of aromatic carboxylic acids is 1. The fourth-order valence-corrected chi connectivity index (χ4v) is 4.67. The van der Waals surface area contributed by atoms with Gasteiger partial charge in [0.2, 0.25) is 0 Å². The zero-order valence-electron chi connectivity index (χ0n) is 17.5. The highest BCUT2D eigenvalue weighted by molar-refractivity contribution is 5.98. The molecule has 5 heteroatoms. The summed E-state index contributed by atoms with van der Waals surface area (Å²) in [6.45, 7) is 2.85.